The Balaban J connectivity index is 1.32. The summed E-state index contributed by atoms with van der Waals surface area (Å²) >= 11 is 0. The van der Waals surface area contributed by atoms with E-state index in [9.17, 15) is 9.59 Å². The zero-order valence-corrected chi connectivity index (χ0v) is 15.3. The number of aromatic amines is 1. The third kappa shape index (κ3) is 4.77. The molecule has 1 aromatic heterocycles. The number of hydrogen-bond acceptors (Lipinski definition) is 4. The highest BCUT2D eigenvalue weighted by Crippen LogP contribution is 2.27. The zero-order valence-electron chi connectivity index (χ0n) is 15.3. The van der Waals surface area contributed by atoms with Crippen LogP contribution in [-0.4, -0.2) is 43.2 Å². The number of carbonyl (C=O) groups excluding carboxylic acids is 2. The van der Waals surface area contributed by atoms with Crippen molar-refractivity contribution in [2.75, 3.05) is 31.7 Å². The molecule has 2 amide bonds. The quantitative estimate of drug-likeness (QED) is 0.591. The maximum atomic E-state index is 12.1. The number of aromatic nitrogens is 1. The SMILES string of the molecule is C=Cc1[nH]c(C)cc1C(=O)NCCOCCOc1ccc2c(c1)CC(=O)N2. The molecule has 0 aliphatic carbocycles. The van der Waals surface area contributed by atoms with Gasteiger partial charge in [0, 0.05) is 17.9 Å². The molecule has 0 bridgehead atoms. The number of fused-ring (bicyclic) bond motifs is 1. The summed E-state index contributed by atoms with van der Waals surface area (Å²) in [6.45, 7) is 7.19. The minimum absolute atomic E-state index is 0.00235. The summed E-state index contributed by atoms with van der Waals surface area (Å²) in [6.07, 6.45) is 2.01. The van der Waals surface area contributed by atoms with Crippen molar-refractivity contribution in [2.45, 2.75) is 13.3 Å². The lowest BCUT2D eigenvalue weighted by atomic mass is 10.1. The number of anilines is 1. The van der Waals surface area contributed by atoms with Crippen molar-refractivity contribution in [3.8, 4) is 5.75 Å². The van der Waals surface area contributed by atoms with Gasteiger partial charge >= 0.3 is 0 Å². The second kappa shape index (κ2) is 8.55. The van der Waals surface area contributed by atoms with Gasteiger partial charge in [-0.1, -0.05) is 6.58 Å². The molecule has 0 fully saturated rings. The Bertz CT molecular complexity index is 857. The first-order chi connectivity index (χ1) is 13.1. The predicted octanol–water partition coefficient (Wildman–Crippen LogP) is 2.29. The molecule has 1 aliphatic rings. The summed E-state index contributed by atoms with van der Waals surface area (Å²) in [5.41, 5.74) is 3.99. The third-order valence-electron chi connectivity index (χ3n) is 4.16. The number of H-pyrrole nitrogens is 1. The summed E-state index contributed by atoms with van der Waals surface area (Å²) < 4.78 is 11.1. The molecule has 0 saturated heterocycles. The van der Waals surface area contributed by atoms with Crippen LogP contribution in [0.15, 0.2) is 30.8 Å². The largest absolute Gasteiger partial charge is 0.491 e. The molecular formula is C20H23N3O4. The molecule has 3 rings (SSSR count). The van der Waals surface area contributed by atoms with Gasteiger partial charge in [0.15, 0.2) is 0 Å². The van der Waals surface area contributed by atoms with Crippen LogP contribution in [0.1, 0.15) is 27.3 Å². The lowest BCUT2D eigenvalue weighted by molar-refractivity contribution is -0.115. The van der Waals surface area contributed by atoms with Crippen LogP contribution in [0, 0.1) is 6.92 Å². The number of carbonyl (C=O) groups is 2. The molecule has 0 saturated carbocycles. The summed E-state index contributed by atoms with van der Waals surface area (Å²) in [5.74, 6) is 0.555. The fourth-order valence-electron chi connectivity index (χ4n) is 2.91. The van der Waals surface area contributed by atoms with E-state index < -0.39 is 0 Å². The van der Waals surface area contributed by atoms with Crippen molar-refractivity contribution < 1.29 is 19.1 Å². The smallest absolute Gasteiger partial charge is 0.253 e. The Hall–Kier alpha value is -3.06. The standard InChI is InChI=1S/C20H23N3O4/c1-3-17-16(10-13(2)22-17)20(25)21-6-7-26-8-9-27-15-4-5-18-14(11-15)12-19(24)23-18/h3-5,10-11,22H,1,6-9,12H2,2H3,(H,21,25)(H,23,24). The third-order valence-corrected chi connectivity index (χ3v) is 4.16. The van der Waals surface area contributed by atoms with E-state index in [-0.39, 0.29) is 11.8 Å². The van der Waals surface area contributed by atoms with Gasteiger partial charge in [-0.2, -0.15) is 0 Å². The summed E-state index contributed by atoms with van der Waals surface area (Å²) in [7, 11) is 0. The van der Waals surface area contributed by atoms with E-state index in [4.69, 9.17) is 9.47 Å². The number of aryl methyl sites for hydroxylation is 1. The zero-order chi connectivity index (χ0) is 19.2. The van der Waals surface area contributed by atoms with Gasteiger partial charge in [0.1, 0.15) is 12.4 Å². The van der Waals surface area contributed by atoms with Crippen LogP contribution in [0.25, 0.3) is 6.08 Å². The maximum absolute atomic E-state index is 12.1. The number of nitrogens with one attached hydrogen (secondary N) is 3. The highest BCUT2D eigenvalue weighted by Gasteiger charge is 2.17. The van der Waals surface area contributed by atoms with Crippen LogP contribution < -0.4 is 15.4 Å². The normalized spacial score (nSPS) is 12.4. The van der Waals surface area contributed by atoms with Gasteiger partial charge in [-0.15, -0.1) is 0 Å². The van der Waals surface area contributed by atoms with Crippen molar-refractivity contribution in [1.82, 2.24) is 10.3 Å². The van der Waals surface area contributed by atoms with E-state index >= 15 is 0 Å². The Morgan fingerprint density at radius 1 is 1.30 bits per heavy atom. The second-order valence-electron chi connectivity index (χ2n) is 6.24. The summed E-state index contributed by atoms with van der Waals surface area (Å²) in [6, 6.07) is 7.32. The molecule has 1 aliphatic heterocycles. The molecule has 7 heteroatoms. The van der Waals surface area contributed by atoms with E-state index in [2.05, 4.69) is 22.2 Å². The van der Waals surface area contributed by atoms with E-state index in [1.54, 1.807) is 12.1 Å². The van der Waals surface area contributed by atoms with Gasteiger partial charge in [0.2, 0.25) is 5.91 Å². The minimum Gasteiger partial charge on any atom is -0.491 e. The molecule has 2 heterocycles. The maximum Gasteiger partial charge on any atom is 0.253 e. The first-order valence-electron chi connectivity index (χ1n) is 8.80. The van der Waals surface area contributed by atoms with Gasteiger partial charge in [-0.05, 0) is 42.8 Å². The molecule has 1 aromatic carbocycles. The van der Waals surface area contributed by atoms with Crippen molar-refractivity contribution in [3.05, 3.63) is 53.4 Å². The monoisotopic (exact) mass is 369 g/mol. The number of benzene rings is 1. The predicted molar refractivity (Wildman–Crippen MR) is 103 cm³/mol. The number of hydrogen-bond donors (Lipinski definition) is 3. The Morgan fingerprint density at radius 2 is 2.15 bits per heavy atom. The molecule has 0 spiro atoms. The fourth-order valence-corrected chi connectivity index (χ4v) is 2.91. The van der Waals surface area contributed by atoms with Gasteiger partial charge < -0.3 is 25.1 Å². The average molecular weight is 369 g/mol. The number of rotatable bonds is 9. The van der Waals surface area contributed by atoms with Crippen LogP contribution in [-0.2, 0) is 16.0 Å². The van der Waals surface area contributed by atoms with Crippen molar-refractivity contribution >= 4 is 23.6 Å². The van der Waals surface area contributed by atoms with E-state index in [1.807, 2.05) is 25.1 Å². The molecule has 7 nitrogen and oxygen atoms in total. The van der Waals surface area contributed by atoms with Crippen LogP contribution in [0.5, 0.6) is 5.75 Å². The molecule has 27 heavy (non-hydrogen) atoms. The Kier molecular flexibility index (Phi) is 5.93. The molecule has 142 valence electrons. The Morgan fingerprint density at radius 3 is 2.96 bits per heavy atom. The van der Waals surface area contributed by atoms with Crippen molar-refractivity contribution in [3.63, 3.8) is 0 Å². The minimum atomic E-state index is -0.157. The highest BCUT2D eigenvalue weighted by molar-refractivity contribution is 5.99. The first kappa shape index (κ1) is 18.7. The fraction of sp³-hybridized carbons (Fsp3) is 0.300. The molecule has 3 N–H and O–H groups in total. The molecular weight excluding hydrogens is 346 g/mol. The van der Waals surface area contributed by atoms with Crippen molar-refractivity contribution in [1.29, 1.82) is 0 Å². The van der Waals surface area contributed by atoms with Crippen LogP contribution in [0.3, 0.4) is 0 Å². The highest BCUT2D eigenvalue weighted by atomic mass is 16.5. The molecule has 0 unspecified atom stereocenters. The molecule has 2 aromatic rings. The summed E-state index contributed by atoms with van der Waals surface area (Å²) in [4.78, 5) is 26.6. The Labute approximate surface area is 157 Å². The number of ether oxygens (including phenoxy) is 2. The summed E-state index contributed by atoms with van der Waals surface area (Å²) in [5, 5.41) is 5.60. The first-order valence-corrected chi connectivity index (χ1v) is 8.80. The second-order valence-corrected chi connectivity index (χ2v) is 6.24. The van der Waals surface area contributed by atoms with Crippen LogP contribution >= 0.6 is 0 Å². The topological polar surface area (TPSA) is 92.5 Å². The molecule has 0 radical (unpaired) electrons. The lowest BCUT2D eigenvalue weighted by Gasteiger charge is -2.09. The van der Waals surface area contributed by atoms with Crippen LogP contribution in [0.2, 0.25) is 0 Å². The van der Waals surface area contributed by atoms with Gasteiger partial charge in [0.25, 0.3) is 5.91 Å². The number of amides is 2. The van der Waals surface area contributed by atoms with Gasteiger partial charge in [0.05, 0.1) is 30.9 Å². The molecule has 0 atom stereocenters. The van der Waals surface area contributed by atoms with Crippen LogP contribution in [0.4, 0.5) is 5.69 Å². The average Bonchev–Trinajstić information content (AvgIpc) is 3.21. The van der Waals surface area contributed by atoms with Gasteiger partial charge in [-0.25, -0.2) is 0 Å². The van der Waals surface area contributed by atoms with E-state index in [1.165, 1.54) is 0 Å². The van der Waals surface area contributed by atoms with Gasteiger partial charge in [-0.3, -0.25) is 9.59 Å². The van der Waals surface area contributed by atoms with E-state index in [0.717, 1.165) is 16.9 Å². The van der Waals surface area contributed by atoms with Crippen molar-refractivity contribution in [2.24, 2.45) is 0 Å². The lowest BCUT2D eigenvalue weighted by Crippen LogP contribution is -2.28. The van der Waals surface area contributed by atoms with E-state index in [0.29, 0.717) is 49.8 Å².